The molecule has 1 aliphatic rings. The van der Waals surface area contributed by atoms with Gasteiger partial charge >= 0.3 is 18.2 Å². The van der Waals surface area contributed by atoms with Crippen molar-refractivity contribution in [3.05, 3.63) is 74.9 Å². The number of hydrogen-bond donors (Lipinski definition) is 1. The molecule has 3 rings (SSSR count). The molecule has 0 saturated carbocycles. The topological polar surface area (TPSA) is 67.9 Å². The molecule has 1 atom stereocenters. The van der Waals surface area contributed by atoms with E-state index >= 15 is 0 Å². The highest BCUT2D eigenvalue weighted by Crippen LogP contribution is 2.35. The van der Waals surface area contributed by atoms with E-state index in [1.807, 2.05) is 0 Å². The van der Waals surface area contributed by atoms with E-state index in [4.69, 9.17) is 32.7 Å². The maximum absolute atomic E-state index is 13.0. The monoisotopic (exact) mass is 502 g/mol. The Bertz CT molecular complexity index is 1110. The van der Waals surface area contributed by atoms with Crippen LogP contribution in [0.25, 0.3) is 0 Å². The van der Waals surface area contributed by atoms with Gasteiger partial charge in [-0.3, -0.25) is 4.90 Å². The molecule has 1 heterocycles. The second kappa shape index (κ2) is 9.93. The van der Waals surface area contributed by atoms with E-state index in [0.29, 0.717) is 5.56 Å². The van der Waals surface area contributed by atoms with Crippen LogP contribution in [0.3, 0.4) is 0 Å². The van der Waals surface area contributed by atoms with E-state index in [1.54, 1.807) is 13.0 Å². The number of nitrogens with one attached hydrogen (secondary N) is 1. The van der Waals surface area contributed by atoms with E-state index in [1.165, 1.54) is 31.3 Å². The minimum Gasteiger partial charge on any atom is -0.487 e. The summed E-state index contributed by atoms with van der Waals surface area (Å²) in [6.45, 7) is 1.32. The maximum Gasteiger partial charge on any atom is 0.416 e. The minimum absolute atomic E-state index is 0.0596. The van der Waals surface area contributed by atoms with E-state index in [9.17, 15) is 22.8 Å². The summed E-state index contributed by atoms with van der Waals surface area (Å²) in [5.41, 5.74) is -0.233. The first kappa shape index (κ1) is 24.7. The van der Waals surface area contributed by atoms with Crippen molar-refractivity contribution in [2.24, 2.45) is 0 Å². The molecule has 0 bridgehead atoms. The fourth-order valence-corrected chi connectivity index (χ4v) is 3.54. The molecule has 6 nitrogen and oxygen atoms in total. The largest absolute Gasteiger partial charge is 0.487 e. The Balaban J connectivity index is 2.03. The van der Waals surface area contributed by atoms with E-state index in [0.717, 1.165) is 17.0 Å². The second-order valence-electron chi connectivity index (χ2n) is 7.01. The number of carbonyl (C=O) groups excluding carboxylic acids is 2. The Labute approximate surface area is 197 Å². The molecule has 11 heteroatoms. The van der Waals surface area contributed by atoms with Crippen LogP contribution < -0.4 is 10.1 Å². The predicted octanol–water partition coefficient (Wildman–Crippen LogP) is 5.60. The van der Waals surface area contributed by atoms with Gasteiger partial charge in [-0.15, -0.1) is 0 Å². The summed E-state index contributed by atoms with van der Waals surface area (Å²) in [7, 11) is 1.41. The Kier molecular flexibility index (Phi) is 7.44. The van der Waals surface area contributed by atoms with Crippen LogP contribution >= 0.6 is 23.2 Å². The lowest BCUT2D eigenvalue weighted by atomic mass is 9.94. The number of ether oxygens (including phenoxy) is 2. The predicted molar refractivity (Wildman–Crippen MR) is 116 cm³/mol. The number of benzene rings is 2. The van der Waals surface area contributed by atoms with Crippen LogP contribution in [0.15, 0.2) is 53.7 Å². The van der Waals surface area contributed by atoms with Crippen LogP contribution in [0.4, 0.5) is 18.0 Å². The molecular formula is C22H19Cl2F3N2O4. The van der Waals surface area contributed by atoms with Gasteiger partial charge in [0.1, 0.15) is 12.4 Å². The number of esters is 1. The van der Waals surface area contributed by atoms with Crippen LogP contribution in [0.1, 0.15) is 24.1 Å². The van der Waals surface area contributed by atoms with Crippen LogP contribution in [0.2, 0.25) is 10.0 Å². The zero-order valence-corrected chi connectivity index (χ0v) is 19.0. The van der Waals surface area contributed by atoms with Crippen molar-refractivity contribution in [2.45, 2.75) is 19.1 Å². The van der Waals surface area contributed by atoms with Crippen molar-refractivity contribution < 1.29 is 32.2 Å². The minimum atomic E-state index is -4.55. The fraction of sp³-hybridized carbons (Fsp3) is 0.273. The lowest BCUT2D eigenvalue weighted by molar-refractivity contribution is -0.139. The van der Waals surface area contributed by atoms with Crippen LogP contribution in [-0.4, -0.2) is 37.2 Å². The zero-order chi connectivity index (χ0) is 24.3. The number of rotatable bonds is 6. The summed E-state index contributed by atoms with van der Waals surface area (Å²) in [4.78, 5) is 26.6. The van der Waals surface area contributed by atoms with Gasteiger partial charge in [0.25, 0.3) is 0 Å². The molecule has 33 heavy (non-hydrogen) atoms. The highest BCUT2D eigenvalue weighted by molar-refractivity contribution is 6.42. The van der Waals surface area contributed by atoms with Crippen molar-refractivity contribution in [3.63, 3.8) is 0 Å². The summed E-state index contributed by atoms with van der Waals surface area (Å²) in [6, 6.07) is 7.42. The number of urea groups is 1. The van der Waals surface area contributed by atoms with Gasteiger partial charge in [-0.05, 0) is 42.8 Å². The molecule has 1 aliphatic heterocycles. The molecule has 0 aromatic heterocycles. The first-order valence-electron chi connectivity index (χ1n) is 9.72. The molecule has 0 aliphatic carbocycles. The Morgan fingerprint density at radius 1 is 1.15 bits per heavy atom. The SMILES string of the molecule is CCOC(=O)C1=C(COc2cccc(C(F)(F)F)c2)N(C)C(=O)N[C@@H]1c1ccc(Cl)c(Cl)c1. The van der Waals surface area contributed by atoms with Crippen LogP contribution in [-0.2, 0) is 15.7 Å². The number of nitrogens with zero attached hydrogens (tertiary/aromatic N) is 1. The van der Waals surface area contributed by atoms with Crippen molar-refractivity contribution in [1.82, 2.24) is 10.2 Å². The molecule has 0 spiro atoms. The third-order valence-electron chi connectivity index (χ3n) is 4.89. The number of hydrogen-bond acceptors (Lipinski definition) is 4. The molecule has 176 valence electrons. The van der Waals surface area contributed by atoms with Gasteiger partial charge in [0.15, 0.2) is 0 Å². The van der Waals surface area contributed by atoms with E-state index in [-0.39, 0.29) is 40.3 Å². The molecule has 0 saturated heterocycles. The molecule has 2 amide bonds. The first-order chi connectivity index (χ1) is 15.5. The molecule has 2 aromatic rings. The third-order valence-corrected chi connectivity index (χ3v) is 5.63. The van der Waals surface area contributed by atoms with Gasteiger partial charge in [-0.1, -0.05) is 35.3 Å². The van der Waals surface area contributed by atoms with Crippen molar-refractivity contribution >= 4 is 35.2 Å². The maximum atomic E-state index is 13.0. The highest BCUT2D eigenvalue weighted by Gasteiger charge is 2.37. The smallest absolute Gasteiger partial charge is 0.416 e. The lowest BCUT2D eigenvalue weighted by Gasteiger charge is -2.34. The molecule has 0 radical (unpaired) electrons. The quantitative estimate of drug-likeness (QED) is 0.521. The standard InChI is InChI=1S/C22H19Cl2F3N2O4/c1-3-32-20(30)18-17(11-33-14-6-4-5-13(10-14)22(25,26)27)29(2)21(31)28-19(18)12-7-8-15(23)16(24)9-12/h4-10,19H,3,11H2,1-2H3,(H,28,31)/t19-/m1/s1. The van der Waals surface area contributed by atoms with Gasteiger partial charge in [-0.25, -0.2) is 9.59 Å². The van der Waals surface area contributed by atoms with Crippen molar-refractivity contribution in [2.75, 3.05) is 20.3 Å². The zero-order valence-electron chi connectivity index (χ0n) is 17.5. The summed E-state index contributed by atoms with van der Waals surface area (Å²) in [5.74, 6) is -0.797. The molecule has 0 fully saturated rings. The normalized spacial score (nSPS) is 16.5. The van der Waals surface area contributed by atoms with E-state index < -0.39 is 29.8 Å². The van der Waals surface area contributed by atoms with Gasteiger partial charge in [0.2, 0.25) is 0 Å². The van der Waals surface area contributed by atoms with Crippen LogP contribution in [0, 0.1) is 0 Å². The Morgan fingerprint density at radius 2 is 1.88 bits per heavy atom. The highest BCUT2D eigenvalue weighted by atomic mass is 35.5. The number of likely N-dealkylation sites (N-methyl/N-ethyl adjacent to an activating group) is 1. The Hall–Kier alpha value is -2.91. The molecule has 2 aromatic carbocycles. The average Bonchev–Trinajstić information content (AvgIpc) is 2.76. The number of carbonyl (C=O) groups is 2. The third kappa shape index (κ3) is 5.54. The van der Waals surface area contributed by atoms with Gasteiger partial charge in [0, 0.05) is 7.05 Å². The summed E-state index contributed by atoms with van der Waals surface area (Å²) in [5, 5.41) is 3.20. The lowest BCUT2D eigenvalue weighted by Crippen LogP contribution is -2.48. The van der Waals surface area contributed by atoms with Crippen LogP contribution in [0.5, 0.6) is 5.75 Å². The van der Waals surface area contributed by atoms with Gasteiger partial charge in [-0.2, -0.15) is 13.2 Å². The molecule has 1 N–H and O–H groups in total. The average molecular weight is 503 g/mol. The number of amides is 2. The molecular weight excluding hydrogens is 484 g/mol. The van der Waals surface area contributed by atoms with Gasteiger partial charge in [0.05, 0.1) is 39.5 Å². The van der Waals surface area contributed by atoms with Crippen molar-refractivity contribution in [1.29, 1.82) is 0 Å². The number of halogens is 5. The van der Waals surface area contributed by atoms with E-state index in [2.05, 4.69) is 5.32 Å². The summed E-state index contributed by atoms with van der Waals surface area (Å²) < 4.78 is 49.8. The van der Waals surface area contributed by atoms with Gasteiger partial charge < -0.3 is 14.8 Å². The van der Waals surface area contributed by atoms with Crippen molar-refractivity contribution in [3.8, 4) is 5.75 Å². The summed E-state index contributed by atoms with van der Waals surface area (Å²) in [6.07, 6.45) is -4.55. The number of alkyl halides is 3. The summed E-state index contributed by atoms with van der Waals surface area (Å²) >= 11 is 12.1. The fourth-order valence-electron chi connectivity index (χ4n) is 3.24. The first-order valence-corrected chi connectivity index (χ1v) is 10.5. The molecule has 0 unspecified atom stereocenters. The second-order valence-corrected chi connectivity index (χ2v) is 7.82. The Morgan fingerprint density at radius 3 is 2.52 bits per heavy atom.